The van der Waals surface area contributed by atoms with Crippen LogP contribution in [0.25, 0.3) is 22.3 Å². The van der Waals surface area contributed by atoms with Gasteiger partial charge in [0, 0.05) is 9.79 Å². The molecule has 0 amide bonds. The largest absolute Gasteiger partial charge is 0.300 e. The lowest BCUT2D eigenvalue weighted by molar-refractivity contribution is 0.464. The van der Waals surface area contributed by atoms with E-state index in [1.165, 1.54) is 16.7 Å². The lowest BCUT2D eigenvalue weighted by atomic mass is 9.75. The van der Waals surface area contributed by atoms with Crippen molar-refractivity contribution in [1.29, 1.82) is 0 Å². The molecule has 0 radical (unpaired) electrons. The predicted octanol–water partition coefficient (Wildman–Crippen LogP) is 9.28. The van der Waals surface area contributed by atoms with Crippen LogP contribution in [0, 0.1) is 0 Å². The van der Waals surface area contributed by atoms with Crippen molar-refractivity contribution >= 4 is 25.3 Å². The standard InChI is InChI=1S/C35H33NS2/c1-2-3-23-36-35(28-17-11-6-12-18-28,29-19-21-33(37)31(24-29)26-13-7-4-8-14-26)30-20-22-34(38)32(25-30)27-15-9-5-10-16-27/h4-22,24-25,36-38H,2-3,23H2,1H3. The third kappa shape index (κ3) is 5.33. The minimum absolute atomic E-state index is 0.563. The van der Waals surface area contributed by atoms with Crippen molar-refractivity contribution in [3.05, 3.63) is 144 Å². The topological polar surface area (TPSA) is 12.0 Å². The zero-order valence-corrected chi connectivity index (χ0v) is 23.4. The number of benzene rings is 5. The summed E-state index contributed by atoms with van der Waals surface area (Å²) < 4.78 is 0. The molecule has 0 unspecified atom stereocenters. The van der Waals surface area contributed by atoms with E-state index in [-0.39, 0.29) is 0 Å². The van der Waals surface area contributed by atoms with Gasteiger partial charge in [-0.3, -0.25) is 5.32 Å². The summed E-state index contributed by atoms with van der Waals surface area (Å²) in [5, 5.41) is 4.03. The highest BCUT2D eigenvalue weighted by atomic mass is 32.1. The average Bonchev–Trinajstić information content (AvgIpc) is 2.98. The average molecular weight is 532 g/mol. The first-order valence-corrected chi connectivity index (χ1v) is 14.1. The van der Waals surface area contributed by atoms with Gasteiger partial charge in [-0.1, -0.05) is 116 Å². The second-order valence-electron chi connectivity index (χ2n) is 9.59. The third-order valence-electron chi connectivity index (χ3n) is 7.16. The molecule has 3 heteroatoms. The summed E-state index contributed by atoms with van der Waals surface area (Å²) in [6.45, 7) is 3.12. The first kappa shape index (κ1) is 26.4. The zero-order chi connectivity index (χ0) is 26.4. The molecule has 1 N–H and O–H groups in total. The van der Waals surface area contributed by atoms with Gasteiger partial charge in [-0.05, 0) is 76.2 Å². The van der Waals surface area contributed by atoms with Crippen LogP contribution in [0.3, 0.4) is 0 Å². The highest BCUT2D eigenvalue weighted by Gasteiger charge is 2.36. The molecule has 0 aliphatic rings. The summed E-state index contributed by atoms with van der Waals surface area (Å²) in [4.78, 5) is 1.93. The Labute approximate surface area is 237 Å². The number of rotatable bonds is 9. The lowest BCUT2D eigenvalue weighted by Gasteiger charge is -2.38. The maximum atomic E-state index is 4.86. The fourth-order valence-corrected chi connectivity index (χ4v) is 5.72. The van der Waals surface area contributed by atoms with Gasteiger partial charge < -0.3 is 0 Å². The maximum absolute atomic E-state index is 4.86. The van der Waals surface area contributed by atoms with E-state index in [1.807, 2.05) is 0 Å². The molecule has 38 heavy (non-hydrogen) atoms. The van der Waals surface area contributed by atoms with E-state index >= 15 is 0 Å². The Morgan fingerprint density at radius 2 is 1.00 bits per heavy atom. The first-order valence-electron chi connectivity index (χ1n) is 13.2. The Kier molecular flexibility index (Phi) is 8.38. The van der Waals surface area contributed by atoms with Crippen molar-refractivity contribution in [1.82, 2.24) is 5.32 Å². The van der Waals surface area contributed by atoms with Crippen LogP contribution in [0.1, 0.15) is 36.5 Å². The van der Waals surface area contributed by atoms with E-state index in [1.54, 1.807) is 0 Å². The normalized spacial score (nSPS) is 11.4. The van der Waals surface area contributed by atoms with Crippen LogP contribution in [0.4, 0.5) is 0 Å². The lowest BCUT2D eigenvalue weighted by Crippen LogP contribution is -2.45. The molecule has 190 valence electrons. The molecule has 5 rings (SSSR count). The van der Waals surface area contributed by atoms with E-state index in [2.05, 4.69) is 140 Å². The first-order chi connectivity index (χ1) is 18.6. The fourth-order valence-electron chi connectivity index (χ4n) is 5.18. The molecule has 0 aliphatic heterocycles. The Balaban J connectivity index is 1.79. The van der Waals surface area contributed by atoms with E-state index < -0.39 is 5.54 Å². The van der Waals surface area contributed by atoms with Crippen molar-refractivity contribution in [2.24, 2.45) is 0 Å². The van der Waals surface area contributed by atoms with E-state index in [9.17, 15) is 0 Å². The van der Waals surface area contributed by atoms with Crippen molar-refractivity contribution < 1.29 is 0 Å². The van der Waals surface area contributed by atoms with Gasteiger partial charge in [-0.25, -0.2) is 0 Å². The van der Waals surface area contributed by atoms with Gasteiger partial charge in [-0.15, -0.1) is 25.3 Å². The number of thiol groups is 2. The number of nitrogens with one attached hydrogen (secondary N) is 1. The van der Waals surface area contributed by atoms with Crippen LogP contribution in [0.15, 0.2) is 137 Å². The summed E-state index contributed by atoms with van der Waals surface area (Å²) in [6, 6.07) is 45.1. The molecule has 0 spiro atoms. The molecule has 0 aromatic heterocycles. The highest BCUT2D eigenvalue weighted by Crippen LogP contribution is 2.42. The zero-order valence-electron chi connectivity index (χ0n) is 21.6. The SMILES string of the molecule is CCCCNC(c1ccccc1)(c1ccc(S)c(-c2ccccc2)c1)c1ccc(S)c(-c2ccccc2)c1. The van der Waals surface area contributed by atoms with Crippen LogP contribution < -0.4 is 5.32 Å². The van der Waals surface area contributed by atoms with Gasteiger partial charge in [0.2, 0.25) is 0 Å². The fraction of sp³-hybridized carbons (Fsp3) is 0.143. The number of hydrogen-bond donors (Lipinski definition) is 3. The van der Waals surface area contributed by atoms with Crippen molar-refractivity contribution in [2.45, 2.75) is 35.1 Å². The van der Waals surface area contributed by atoms with Gasteiger partial charge in [0.15, 0.2) is 0 Å². The molecule has 0 aliphatic carbocycles. The summed E-state index contributed by atoms with van der Waals surface area (Å²) >= 11 is 9.72. The van der Waals surface area contributed by atoms with Gasteiger partial charge in [0.1, 0.15) is 0 Å². The van der Waals surface area contributed by atoms with Crippen molar-refractivity contribution in [3.8, 4) is 22.3 Å². The quantitative estimate of drug-likeness (QED) is 0.0978. The van der Waals surface area contributed by atoms with Gasteiger partial charge in [0.25, 0.3) is 0 Å². The summed E-state index contributed by atoms with van der Waals surface area (Å²) in [7, 11) is 0. The second-order valence-corrected chi connectivity index (χ2v) is 10.6. The van der Waals surface area contributed by atoms with Gasteiger partial charge in [0.05, 0.1) is 5.54 Å². The van der Waals surface area contributed by atoms with Crippen LogP contribution >= 0.6 is 25.3 Å². The van der Waals surface area contributed by atoms with E-state index in [4.69, 9.17) is 25.3 Å². The molecule has 0 fully saturated rings. The molecular weight excluding hydrogens is 499 g/mol. The molecular formula is C35H33NS2. The van der Waals surface area contributed by atoms with E-state index in [0.29, 0.717) is 0 Å². The maximum Gasteiger partial charge on any atom is 0.0948 e. The van der Waals surface area contributed by atoms with Crippen LogP contribution in [-0.4, -0.2) is 6.54 Å². The molecule has 1 nitrogen and oxygen atoms in total. The van der Waals surface area contributed by atoms with Crippen molar-refractivity contribution in [3.63, 3.8) is 0 Å². The number of hydrogen-bond acceptors (Lipinski definition) is 3. The summed E-state index contributed by atoms with van der Waals surface area (Å²) in [5.74, 6) is 0. The molecule has 0 bridgehead atoms. The minimum Gasteiger partial charge on any atom is -0.300 e. The van der Waals surface area contributed by atoms with Crippen molar-refractivity contribution in [2.75, 3.05) is 6.54 Å². The molecule has 5 aromatic carbocycles. The molecule has 0 heterocycles. The highest BCUT2D eigenvalue weighted by molar-refractivity contribution is 7.80. The second kappa shape index (κ2) is 12.1. The number of unbranched alkanes of at least 4 members (excludes halogenated alkanes) is 1. The Bertz CT molecular complexity index is 1390. The summed E-state index contributed by atoms with van der Waals surface area (Å²) in [6.07, 6.45) is 2.20. The minimum atomic E-state index is -0.563. The molecule has 0 atom stereocenters. The van der Waals surface area contributed by atoms with Crippen LogP contribution in [0.2, 0.25) is 0 Å². The van der Waals surface area contributed by atoms with Gasteiger partial charge in [-0.2, -0.15) is 0 Å². The van der Waals surface area contributed by atoms with E-state index in [0.717, 1.165) is 51.4 Å². The molecule has 0 saturated carbocycles. The molecule has 5 aromatic rings. The predicted molar refractivity (Wildman–Crippen MR) is 167 cm³/mol. The van der Waals surface area contributed by atoms with Gasteiger partial charge >= 0.3 is 0 Å². The Morgan fingerprint density at radius 3 is 1.45 bits per heavy atom. The summed E-state index contributed by atoms with van der Waals surface area (Å²) in [5.41, 5.74) is 7.57. The monoisotopic (exact) mass is 531 g/mol. The molecule has 0 saturated heterocycles. The third-order valence-corrected chi connectivity index (χ3v) is 7.94. The smallest absolute Gasteiger partial charge is 0.0948 e. The Morgan fingerprint density at radius 1 is 0.553 bits per heavy atom. The van der Waals surface area contributed by atoms with Crippen LogP contribution in [-0.2, 0) is 5.54 Å². The van der Waals surface area contributed by atoms with Crippen LogP contribution in [0.5, 0.6) is 0 Å². The Hall–Kier alpha value is -3.24.